The third-order valence-corrected chi connectivity index (χ3v) is 7.32. The first kappa shape index (κ1) is 19.8. The number of carbonyl (C=O) groups is 1. The van der Waals surface area contributed by atoms with Crippen LogP contribution in [-0.4, -0.2) is 34.7 Å². The zero-order valence-electron chi connectivity index (χ0n) is 15.5. The average molecular weight is 448 g/mol. The van der Waals surface area contributed by atoms with Crippen molar-refractivity contribution in [1.29, 1.82) is 0 Å². The number of anilines is 1. The summed E-state index contributed by atoms with van der Waals surface area (Å²) in [6, 6.07) is 10.8. The maximum Gasteiger partial charge on any atom is 0.238 e. The lowest BCUT2D eigenvalue weighted by Crippen LogP contribution is -2.17. The van der Waals surface area contributed by atoms with E-state index in [-0.39, 0.29) is 16.6 Å². The maximum absolute atomic E-state index is 12.5. The number of nitrogens with one attached hydrogen (secondary N) is 1. The molecule has 0 aliphatic heterocycles. The third kappa shape index (κ3) is 3.86. The fraction of sp³-hybridized carbons (Fsp3) is 0.167. The van der Waals surface area contributed by atoms with Crippen LogP contribution in [0.2, 0.25) is 0 Å². The smallest absolute Gasteiger partial charge is 0.238 e. The quantitative estimate of drug-likeness (QED) is 0.454. The second-order valence-corrected chi connectivity index (χ2v) is 9.98. The summed E-state index contributed by atoms with van der Waals surface area (Å²) in [7, 11) is -3.86. The van der Waals surface area contributed by atoms with Crippen LogP contribution >= 0.6 is 23.1 Å². The largest absolute Gasteiger partial charge is 0.325 e. The molecule has 4 rings (SSSR count). The Balaban J connectivity index is 1.54. The van der Waals surface area contributed by atoms with E-state index in [0.29, 0.717) is 10.8 Å². The predicted octanol–water partition coefficient (Wildman–Crippen LogP) is 2.94. The Hall–Kier alpha value is -2.47. The summed E-state index contributed by atoms with van der Waals surface area (Å²) in [4.78, 5) is 13.2. The molecule has 0 aliphatic carbocycles. The minimum absolute atomic E-state index is 0.0348. The highest BCUT2D eigenvalue weighted by Gasteiger charge is 2.16. The van der Waals surface area contributed by atoms with Crippen LogP contribution in [0, 0.1) is 13.8 Å². The van der Waals surface area contributed by atoms with E-state index in [1.54, 1.807) is 6.92 Å². The fourth-order valence-corrected chi connectivity index (χ4v) is 5.28. The van der Waals surface area contributed by atoms with E-state index in [1.807, 2.05) is 35.6 Å². The third-order valence-electron chi connectivity index (χ3n) is 4.49. The van der Waals surface area contributed by atoms with Gasteiger partial charge in [-0.3, -0.25) is 9.20 Å². The van der Waals surface area contributed by atoms with Crippen molar-refractivity contribution in [3.8, 4) is 0 Å². The molecule has 150 valence electrons. The Labute approximate surface area is 175 Å². The molecule has 2 aromatic carbocycles. The average Bonchev–Trinajstić information content (AvgIpc) is 3.22. The Bertz CT molecular complexity index is 1360. The standard InChI is InChI=1S/C18H17N5O3S3/c1-10-7-12(29(19,25)26)8-13(11(10)2)20-16(24)9-27-17-21-22-18-23(17)14-5-3-4-6-15(14)28-18/h3-8H,9H2,1-2H3,(H,20,24)(H2,19,25,26). The lowest BCUT2D eigenvalue weighted by Gasteiger charge is -2.12. The molecule has 0 radical (unpaired) electrons. The summed E-state index contributed by atoms with van der Waals surface area (Å²) < 4.78 is 26.3. The van der Waals surface area contributed by atoms with Crippen molar-refractivity contribution in [3.63, 3.8) is 0 Å². The van der Waals surface area contributed by atoms with Crippen molar-refractivity contribution in [1.82, 2.24) is 14.6 Å². The van der Waals surface area contributed by atoms with Crippen LogP contribution in [0.15, 0.2) is 46.5 Å². The summed E-state index contributed by atoms with van der Waals surface area (Å²) in [5.74, 6) is -0.177. The SMILES string of the molecule is Cc1cc(S(N)(=O)=O)cc(NC(=O)CSc2nnc3sc4ccccc4n23)c1C. The zero-order chi connectivity index (χ0) is 20.8. The number of sulfonamides is 1. The van der Waals surface area contributed by atoms with Crippen LogP contribution in [0.25, 0.3) is 15.2 Å². The number of fused-ring (bicyclic) bond motifs is 3. The highest BCUT2D eigenvalue weighted by atomic mass is 32.2. The molecule has 0 saturated heterocycles. The molecular weight excluding hydrogens is 430 g/mol. The van der Waals surface area contributed by atoms with Gasteiger partial charge in [0.2, 0.25) is 20.9 Å². The Morgan fingerprint density at radius 1 is 1.24 bits per heavy atom. The van der Waals surface area contributed by atoms with E-state index >= 15 is 0 Å². The maximum atomic E-state index is 12.5. The van der Waals surface area contributed by atoms with E-state index in [4.69, 9.17) is 5.14 Å². The first-order valence-corrected chi connectivity index (χ1v) is 11.9. The Morgan fingerprint density at radius 2 is 2.00 bits per heavy atom. The normalized spacial score (nSPS) is 12.0. The number of hydrogen-bond donors (Lipinski definition) is 2. The molecule has 0 bridgehead atoms. The fourth-order valence-electron chi connectivity index (χ4n) is 2.89. The molecule has 1 amide bonds. The van der Waals surface area contributed by atoms with Gasteiger partial charge in [0.15, 0.2) is 5.16 Å². The molecule has 0 fully saturated rings. The van der Waals surface area contributed by atoms with E-state index in [0.717, 1.165) is 26.3 Å². The number of amides is 1. The van der Waals surface area contributed by atoms with Crippen molar-refractivity contribution >= 4 is 59.9 Å². The molecule has 0 saturated carbocycles. The first-order chi connectivity index (χ1) is 13.7. The van der Waals surface area contributed by atoms with Gasteiger partial charge in [-0.25, -0.2) is 13.6 Å². The number of hydrogen-bond acceptors (Lipinski definition) is 7. The zero-order valence-corrected chi connectivity index (χ0v) is 18.0. The van der Waals surface area contributed by atoms with Crippen molar-refractivity contribution in [2.75, 3.05) is 11.1 Å². The molecule has 3 N–H and O–H groups in total. The first-order valence-electron chi connectivity index (χ1n) is 8.53. The molecule has 4 aromatic rings. The molecule has 2 heterocycles. The summed E-state index contributed by atoms with van der Waals surface area (Å²) in [5.41, 5.74) is 2.92. The Morgan fingerprint density at radius 3 is 2.76 bits per heavy atom. The van der Waals surface area contributed by atoms with Gasteiger partial charge in [0.25, 0.3) is 0 Å². The van der Waals surface area contributed by atoms with Crippen LogP contribution in [0.5, 0.6) is 0 Å². The van der Waals surface area contributed by atoms with Gasteiger partial charge in [-0.05, 0) is 49.2 Å². The minimum Gasteiger partial charge on any atom is -0.325 e. The number of aromatic nitrogens is 3. The molecule has 29 heavy (non-hydrogen) atoms. The monoisotopic (exact) mass is 447 g/mol. The number of para-hydroxylation sites is 1. The van der Waals surface area contributed by atoms with Crippen molar-refractivity contribution in [2.24, 2.45) is 5.14 Å². The molecule has 11 heteroatoms. The van der Waals surface area contributed by atoms with Crippen LogP contribution in [0.4, 0.5) is 5.69 Å². The summed E-state index contributed by atoms with van der Waals surface area (Å²) in [6.07, 6.45) is 0. The lowest BCUT2D eigenvalue weighted by molar-refractivity contribution is -0.113. The number of thiazole rings is 1. The van der Waals surface area contributed by atoms with Crippen molar-refractivity contribution < 1.29 is 13.2 Å². The molecule has 8 nitrogen and oxygen atoms in total. The van der Waals surface area contributed by atoms with E-state index in [1.165, 1.54) is 35.2 Å². The van der Waals surface area contributed by atoms with Crippen LogP contribution in [0.1, 0.15) is 11.1 Å². The minimum atomic E-state index is -3.86. The Kier molecular flexibility index (Phi) is 5.07. The molecule has 0 aliphatic rings. The summed E-state index contributed by atoms with van der Waals surface area (Å²) in [5, 5.41) is 17.0. The number of nitrogens with zero attached hydrogens (tertiary/aromatic N) is 3. The van der Waals surface area contributed by atoms with E-state index < -0.39 is 10.0 Å². The number of benzene rings is 2. The lowest BCUT2D eigenvalue weighted by atomic mass is 10.1. The van der Waals surface area contributed by atoms with Gasteiger partial charge >= 0.3 is 0 Å². The van der Waals surface area contributed by atoms with Gasteiger partial charge in [0, 0.05) is 5.69 Å². The second-order valence-electron chi connectivity index (χ2n) is 6.46. The molecular formula is C18H17N5O3S3. The molecule has 2 aromatic heterocycles. The van der Waals surface area contributed by atoms with Gasteiger partial charge in [-0.2, -0.15) is 0 Å². The van der Waals surface area contributed by atoms with E-state index in [9.17, 15) is 13.2 Å². The highest BCUT2D eigenvalue weighted by Crippen LogP contribution is 2.30. The molecule has 0 spiro atoms. The van der Waals surface area contributed by atoms with Gasteiger partial charge in [-0.1, -0.05) is 35.2 Å². The van der Waals surface area contributed by atoms with Gasteiger partial charge in [0.1, 0.15) is 0 Å². The number of primary sulfonamides is 1. The second kappa shape index (κ2) is 7.41. The summed E-state index contributed by atoms with van der Waals surface area (Å²) in [6.45, 7) is 3.58. The van der Waals surface area contributed by atoms with Crippen molar-refractivity contribution in [3.05, 3.63) is 47.5 Å². The number of aryl methyl sites for hydroxylation is 1. The topological polar surface area (TPSA) is 119 Å². The highest BCUT2D eigenvalue weighted by molar-refractivity contribution is 7.99. The van der Waals surface area contributed by atoms with Crippen LogP contribution < -0.4 is 10.5 Å². The van der Waals surface area contributed by atoms with Gasteiger partial charge in [-0.15, -0.1) is 10.2 Å². The number of carbonyl (C=O) groups excluding carboxylic acids is 1. The summed E-state index contributed by atoms with van der Waals surface area (Å²) >= 11 is 2.80. The van der Waals surface area contributed by atoms with Gasteiger partial charge < -0.3 is 5.32 Å². The molecule has 0 atom stereocenters. The van der Waals surface area contributed by atoms with E-state index in [2.05, 4.69) is 15.5 Å². The van der Waals surface area contributed by atoms with Crippen LogP contribution in [0.3, 0.4) is 0 Å². The van der Waals surface area contributed by atoms with Crippen molar-refractivity contribution in [2.45, 2.75) is 23.9 Å². The molecule has 0 unspecified atom stereocenters. The van der Waals surface area contributed by atoms with Crippen LogP contribution in [-0.2, 0) is 14.8 Å². The number of nitrogens with two attached hydrogens (primary N) is 1. The number of rotatable bonds is 5. The number of thioether (sulfide) groups is 1. The van der Waals surface area contributed by atoms with Gasteiger partial charge in [0.05, 0.1) is 20.9 Å². The predicted molar refractivity (Wildman–Crippen MR) is 115 cm³/mol.